The van der Waals surface area contributed by atoms with Crippen LogP contribution in [-0.4, -0.2) is 38.3 Å². The molecule has 0 aromatic carbocycles. The minimum atomic E-state index is 0.223. The molecule has 0 saturated carbocycles. The predicted molar refractivity (Wildman–Crippen MR) is 90.2 cm³/mol. The zero-order chi connectivity index (χ0) is 13.8. The fraction of sp³-hybridized carbons (Fsp3) is 0.769. The summed E-state index contributed by atoms with van der Waals surface area (Å²) in [6, 6.07) is 0.223. The zero-order valence-corrected chi connectivity index (χ0v) is 14.8. The molecule has 6 heteroatoms. The first-order chi connectivity index (χ1) is 9.17. The molecule has 1 aromatic heterocycles. The summed E-state index contributed by atoms with van der Waals surface area (Å²) in [5.74, 6) is 3.69. The molecule has 2 atom stereocenters. The van der Waals surface area contributed by atoms with Crippen LogP contribution in [0, 0.1) is 0 Å². The fourth-order valence-electron chi connectivity index (χ4n) is 2.32. The lowest BCUT2D eigenvalue weighted by Gasteiger charge is -2.26. The standard InChI is InChI=1S/C13H22BrN3S2/c1-3-10-13(14)11(17(4-2)16-10)7-9(15)12-8-18-5-6-19-12/h9,12H,3-8,15H2,1-2H3. The summed E-state index contributed by atoms with van der Waals surface area (Å²) in [6.07, 6.45) is 1.88. The van der Waals surface area contributed by atoms with Crippen LogP contribution in [0.4, 0.5) is 0 Å². The van der Waals surface area contributed by atoms with E-state index in [1.807, 2.05) is 23.5 Å². The second kappa shape index (κ2) is 7.38. The lowest BCUT2D eigenvalue weighted by atomic mass is 10.1. The summed E-state index contributed by atoms with van der Waals surface area (Å²) in [6.45, 7) is 5.19. The van der Waals surface area contributed by atoms with Gasteiger partial charge in [-0.3, -0.25) is 4.68 Å². The van der Waals surface area contributed by atoms with Crippen molar-refractivity contribution in [3.63, 3.8) is 0 Å². The van der Waals surface area contributed by atoms with Crippen molar-refractivity contribution < 1.29 is 0 Å². The van der Waals surface area contributed by atoms with Gasteiger partial charge in [-0.2, -0.15) is 28.6 Å². The number of rotatable bonds is 5. The van der Waals surface area contributed by atoms with Crippen LogP contribution in [-0.2, 0) is 19.4 Å². The highest BCUT2D eigenvalue weighted by atomic mass is 79.9. The van der Waals surface area contributed by atoms with Crippen LogP contribution in [0.5, 0.6) is 0 Å². The third-order valence-electron chi connectivity index (χ3n) is 3.44. The van der Waals surface area contributed by atoms with Crippen molar-refractivity contribution in [2.75, 3.05) is 17.3 Å². The van der Waals surface area contributed by atoms with Gasteiger partial charge in [-0.15, -0.1) is 0 Å². The van der Waals surface area contributed by atoms with Crippen LogP contribution in [0.2, 0.25) is 0 Å². The number of nitrogens with zero attached hydrogens (tertiary/aromatic N) is 2. The Morgan fingerprint density at radius 3 is 2.84 bits per heavy atom. The minimum Gasteiger partial charge on any atom is -0.326 e. The Bertz CT molecular complexity index is 416. The summed E-state index contributed by atoms with van der Waals surface area (Å²) >= 11 is 7.77. The van der Waals surface area contributed by atoms with Crippen LogP contribution in [0.3, 0.4) is 0 Å². The van der Waals surface area contributed by atoms with E-state index in [0.717, 1.165) is 25.1 Å². The maximum Gasteiger partial charge on any atom is 0.0766 e. The van der Waals surface area contributed by atoms with Crippen molar-refractivity contribution >= 4 is 39.5 Å². The Morgan fingerprint density at radius 2 is 2.26 bits per heavy atom. The maximum absolute atomic E-state index is 6.43. The first kappa shape index (κ1) is 15.7. The Kier molecular flexibility index (Phi) is 6.11. The van der Waals surface area contributed by atoms with E-state index in [9.17, 15) is 0 Å². The molecule has 0 amide bonds. The third kappa shape index (κ3) is 3.71. The summed E-state index contributed by atoms with van der Waals surface area (Å²) in [5, 5.41) is 5.23. The molecule has 0 aliphatic carbocycles. The number of thioether (sulfide) groups is 2. The van der Waals surface area contributed by atoms with Gasteiger partial charge < -0.3 is 5.73 Å². The van der Waals surface area contributed by atoms with Crippen molar-refractivity contribution in [2.24, 2.45) is 5.73 Å². The Hall–Kier alpha value is 0.350. The van der Waals surface area contributed by atoms with E-state index in [4.69, 9.17) is 5.73 Å². The van der Waals surface area contributed by atoms with Gasteiger partial charge in [-0.05, 0) is 29.3 Å². The highest BCUT2D eigenvalue weighted by Crippen LogP contribution is 2.29. The van der Waals surface area contributed by atoms with Gasteiger partial charge in [0.15, 0.2) is 0 Å². The fourth-order valence-corrected chi connectivity index (χ4v) is 5.87. The molecule has 1 fully saturated rings. The van der Waals surface area contributed by atoms with Gasteiger partial charge in [0.05, 0.1) is 15.9 Å². The molecule has 0 radical (unpaired) electrons. The van der Waals surface area contributed by atoms with Crippen molar-refractivity contribution in [1.29, 1.82) is 0 Å². The highest BCUT2D eigenvalue weighted by molar-refractivity contribution is 9.10. The van der Waals surface area contributed by atoms with Crippen LogP contribution in [0.15, 0.2) is 4.47 Å². The molecule has 108 valence electrons. The van der Waals surface area contributed by atoms with E-state index in [0.29, 0.717) is 5.25 Å². The van der Waals surface area contributed by atoms with Gasteiger partial charge in [0.1, 0.15) is 0 Å². The SMILES string of the molecule is CCc1nn(CC)c(CC(N)C2CSCCS2)c1Br. The van der Waals surface area contributed by atoms with Crippen LogP contribution >= 0.6 is 39.5 Å². The van der Waals surface area contributed by atoms with Crippen molar-refractivity contribution in [2.45, 2.75) is 44.5 Å². The second-order valence-corrected chi connectivity index (χ2v) is 8.02. The van der Waals surface area contributed by atoms with Crippen molar-refractivity contribution in [3.05, 3.63) is 15.9 Å². The molecule has 1 aromatic rings. The molecule has 0 bridgehead atoms. The quantitative estimate of drug-likeness (QED) is 0.873. The van der Waals surface area contributed by atoms with Crippen LogP contribution in [0.25, 0.3) is 0 Å². The number of nitrogens with two attached hydrogens (primary N) is 1. The summed E-state index contributed by atoms with van der Waals surface area (Å²) in [7, 11) is 0. The lowest BCUT2D eigenvalue weighted by molar-refractivity contribution is 0.572. The zero-order valence-electron chi connectivity index (χ0n) is 11.6. The molecule has 1 aliphatic heterocycles. The maximum atomic E-state index is 6.43. The largest absolute Gasteiger partial charge is 0.326 e. The second-order valence-electron chi connectivity index (χ2n) is 4.73. The van der Waals surface area contributed by atoms with Gasteiger partial charge in [-0.25, -0.2) is 0 Å². The molecular formula is C13H22BrN3S2. The van der Waals surface area contributed by atoms with E-state index in [-0.39, 0.29) is 6.04 Å². The van der Waals surface area contributed by atoms with E-state index < -0.39 is 0 Å². The molecule has 2 rings (SSSR count). The molecule has 1 saturated heterocycles. The lowest BCUT2D eigenvalue weighted by Crippen LogP contribution is -2.38. The average Bonchev–Trinajstić information content (AvgIpc) is 2.76. The summed E-state index contributed by atoms with van der Waals surface area (Å²) < 4.78 is 3.27. The Labute approximate surface area is 132 Å². The Morgan fingerprint density at radius 1 is 1.47 bits per heavy atom. The summed E-state index contributed by atoms with van der Waals surface area (Å²) in [4.78, 5) is 0. The van der Waals surface area contributed by atoms with Gasteiger partial charge >= 0.3 is 0 Å². The molecule has 0 spiro atoms. The number of aryl methyl sites for hydroxylation is 2. The normalized spacial score (nSPS) is 21.6. The van der Waals surface area contributed by atoms with Gasteiger partial charge in [0.25, 0.3) is 0 Å². The minimum absolute atomic E-state index is 0.223. The monoisotopic (exact) mass is 363 g/mol. The van der Waals surface area contributed by atoms with Crippen molar-refractivity contribution in [3.8, 4) is 0 Å². The van der Waals surface area contributed by atoms with Crippen molar-refractivity contribution in [1.82, 2.24) is 9.78 Å². The van der Waals surface area contributed by atoms with E-state index in [1.54, 1.807) is 0 Å². The number of hydrogen-bond acceptors (Lipinski definition) is 4. The molecule has 2 N–H and O–H groups in total. The first-order valence-electron chi connectivity index (χ1n) is 6.86. The first-order valence-corrected chi connectivity index (χ1v) is 9.86. The van der Waals surface area contributed by atoms with E-state index >= 15 is 0 Å². The number of hydrogen-bond donors (Lipinski definition) is 1. The van der Waals surface area contributed by atoms with E-state index in [1.165, 1.54) is 27.4 Å². The molecular weight excluding hydrogens is 342 g/mol. The average molecular weight is 364 g/mol. The third-order valence-corrected chi connectivity index (χ3v) is 7.30. The van der Waals surface area contributed by atoms with Gasteiger partial charge in [0, 0.05) is 41.5 Å². The molecule has 2 heterocycles. The van der Waals surface area contributed by atoms with E-state index in [2.05, 4.69) is 39.6 Å². The van der Waals surface area contributed by atoms with Crippen LogP contribution < -0.4 is 5.73 Å². The number of halogens is 1. The Balaban J connectivity index is 2.10. The molecule has 19 heavy (non-hydrogen) atoms. The molecule has 2 unspecified atom stereocenters. The molecule has 3 nitrogen and oxygen atoms in total. The summed E-state index contributed by atoms with van der Waals surface area (Å²) in [5.41, 5.74) is 8.84. The van der Waals surface area contributed by atoms with Gasteiger partial charge in [0.2, 0.25) is 0 Å². The highest BCUT2D eigenvalue weighted by Gasteiger charge is 2.24. The smallest absolute Gasteiger partial charge is 0.0766 e. The number of aromatic nitrogens is 2. The predicted octanol–water partition coefficient (Wildman–Crippen LogP) is 2.95. The topological polar surface area (TPSA) is 43.8 Å². The van der Waals surface area contributed by atoms with Crippen LogP contribution in [0.1, 0.15) is 25.2 Å². The molecule has 1 aliphatic rings. The van der Waals surface area contributed by atoms with Gasteiger partial charge in [-0.1, -0.05) is 6.92 Å².